The molecule has 0 radical (unpaired) electrons. The van der Waals surface area contributed by atoms with Gasteiger partial charge in [-0.25, -0.2) is 4.57 Å². The van der Waals surface area contributed by atoms with Gasteiger partial charge < -0.3 is 10.2 Å². The normalized spacial score (nSPS) is 10.8. The van der Waals surface area contributed by atoms with Crippen LogP contribution in [0.1, 0.15) is 0 Å². The fourth-order valence-electron chi connectivity index (χ4n) is 1.59. The van der Waals surface area contributed by atoms with Crippen LogP contribution in [0, 0.1) is 0 Å². The Kier molecular flexibility index (Phi) is 2.44. The molecule has 1 aromatic heterocycles. The molecule has 1 aromatic carbocycles. The third-order valence-corrected chi connectivity index (χ3v) is 3.15. The number of aromatic nitrogens is 1. The molecule has 0 aliphatic rings. The van der Waals surface area contributed by atoms with Crippen LogP contribution in [0.25, 0.3) is 10.8 Å². The number of phenolic OH excluding ortho intramolecular Hbond substituents is 2. The van der Waals surface area contributed by atoms with E-state index in [2.05, 4.69) is 0 Å². The molecule has 2 rings (SSSR count). The largest absolute Gasteiger partial charge is 0.504 e. The van der Waals surface area contributed by atoms with Gasteiger partial charge in [-0.05, 0) is 17.7 Å². The smallest absolute Gasteiger partial charge is 0.177 e. The minimum absolute atomic E-state index is 0.0406. The number of thioether (sulfide) groups is 1. The molecule has 0 amide bonds. The lowest BCUT2D eigenvalue weighted by atomic mass is 10.1. The average Bonchev–Trinajstić information content (AvgIpc) is 2.21. The van der Waals surface area contributed by atoms with Gasteiger partial charge in [0.25, 0.3) is 0 Å². The number of benzene rings is 1. The Hall–Kier alpha value is -1.42. The van der Waals surface area contributed by atoms with Crippen molar-refractivity contribution < 1.29 is 14.8 Å². The van der Waals surface area contributed by atoms with Crippen molar-refractivity contribution in [1.29, 1.82) is 0 Å². The van der Waals surface area contributed by atoms with Crippen LogP contribution in [-0.2, 0) is 7.05 Å². The molecule has 0 aliphatic carbocycles. The minimum atomic E-state index is -0.0688. The van der Waals surface area contributed by atoms with Crippen molar-refractivity contribution in [3.8, 4) is 11.5 Å². The topological polar surface area (TPSA) is 44.3 Å². The quantitative estimate of drug-likeness (QED) is 0.439. The van der Waals surface area contributed by atoms with Gasteiger partial charge in [0.2, 0.25) is 0 Å². The Bertz CT molecular complexity index is 525. The SMILES string of the molecule is CSc1c(O)c(O)cc2cc[n+](C)cc12. The summed E-state index contributed by atoms with van der Waals surface area (Å²) in [5.41, 5.74) is 0. The number of aryl methyl sites for hydroxylation is 1. The first-order valence-corrected chi connectivity index (χ1v) is 5.74. The van der Waals surface area contributed by atoms with Crippen LogP contribution in [0.15, 0.2) is 29.4 Å². The Labute approximate surface area is 92.0 Å². The molecule has 0 aliphatic heterocycles. The van der Waals surface area contributed by atoms with Gasteiger partial charge in [-0.3, -0.25) is 0 Å². The first-order chi connectivity index (χ1) is 7.13. The number of aromatic hydroxyl groups is 2. The maximum absolute atomic E-state index is 9.71. The molecule has 0 spiro atoms. The summed E-state index contributed by atoms with van der Waals surface area (Å²) in [5.74, 6) is -0.109. The van der Waals surface area contributed by atoms with E-state index in [0.29, 0.717) is 4.90 Å². The molecule has 4 heteroatoms. The van der Waals surface area contributed by atoms with Gasteiger partial charge in [0.1, 0.15) is 7.05 Å². The second-order valence-corrected chi connectivity index (χ2v) is 4.21. The number of phenols is 2. The lowest BCUT2D eigenvalue weighted by Gasteiger charge is -2.06. The van der Waals surface area contributed by atoms with Gasteiger partial charge in [-0.1, -0.05) is 0 Å². The van der Waals surface area contributed by atoms with E-state index in [4.69, 9.17) is 0 Å². The van der Waals surface area contributed by atoms with Crippen molar-refractivity contribution in [2.75, 3.05) is 6.26 Å². The molecule has 78 valence electrons. The van der Waals surface area contributed by atoms with Crippen LogP contribution in [0.5, 0.6) is 11.5 Å². The molecule has 3 nitrogen and oxygen atoms in total. The van der Waals surface area contributed by atoms with E-state index in [1.807, 2.05) is 36.3 Å². The standard InChI is InChI=1S/C11H11NO2S/c1-12-4-3-7-5-9(13)10(14)11(15-2)8(7)6-12/h3-6,14H,1-2H3/p+1. The van der Waals surface area contributed by atoms with E-state index >= 15 is 0 Å². The summed E-state index contributed by atoms with van der Waals surface area (Å²) in [7, 11) is 1.92. The highest BCUT2D eigenvalue weighted by molar-refractivity contribution is 7.99. The lowest BCUT2D eigenvalue weighted by molar-refractivity contribution is -0.670. The fourth-order valence-corrected chi connectivity index (χ4v) is 2.28. The molecule has 0 fully saturated rings. The third-order valence-electron chi connectivity index (χ3n) is 2.33. The van der Waals surface area contributed by atoms with Crippen molar-refractivity contribution in [1.82, 2.24) is 0 Å². The lowest BCUT2D eigenvalue weighted by Crippen LogP contribution is -2.25. The number of hydrogen-bond acceptors (Lipinski definition) is 3. The fraction of sp³-hybridized carbons (Fsp3) is 0.182. The number of nitrogens with zero attached hydrogens (tertiary/aromatic N) is 1. The summed E-state index contributed by atoms with van der Waals surface area (Å²) in [4.78, 5) is 0.709. The predicted octanol–water partition coefficient (Wildman–Crippen LogP) is 1.80. The maximum atomic E-state index is 9.71. The van der Waals surface area contributed by atoms with Crippen molar-refractivity contribution in [3.63, 3.8) is 0 Å². The van der Waals surface area contributed by atoms with Gasteiger partial charge >= 0.3 is 0 Å². The van der Waals surface area contributed by atoms with Gasteiger partial charge in [0.15, 0.2) is 23.9 Å². The third kappa shape index (κ3) is 1.61. The van der Waals surface area contributed by atoms with Gasteiger partial charge in [0.05, 0.1) is 10.3 Å². The zero-order chi connectivity index (χ0) is 11.0. The van der Waals surface area contributed by atoms with Crippen LogP contribution in [0.2, 0.25) is 0 Å². The molecular weight excluding hydrogens is 210 g/mol. The van der Waals surface area contributed by atoms with Crippen molar-refractivity contribution in [2.24, 2.45) is 7.05 Å². The van der Waals surface area contributed by atoms with E-state index < -0.39 is 0 Å². The number of hydrogen-bond donors (Lipinski definition) is 2. The molecule has 0 saturated heterocycles. The second-order valence-electron chi connectivity index (χ2n) is 3.39. The molecular formula is C11H12NO2S+. The molecule has 0 saturated carbocycles. The molecule has 0 unspecified atom stereocenters. The van der Waals surface area contributed by atoms with E-state index in [1.54, 1.807) is 6.07 Å². The minimum Gasteiger partial charge on any atom is -0.504 e. The Morgan fingerprint density at radius 2 is 2.07 bits per heavy atom. The zero-order valence-electron chi connectivity index (χ0n) is 8.56. The van der Waals surface area contributed by atoms with E-state index in [9.17, 15) is 10.2 Å². The van der Waals surface area contributed by atoms with Crippen molar-refractivity contribution >= 4 is 22.5 Å². The van der Waals surface area contributed by atoms with Crippen LogP contribution in [0.3, 0.4) is 0 Å². The molecule has 2 aromatic rings. The maximum Gasteiger partial charge on any atom is 0.177 e. The summed E-state index contributed by atoms with van der Waals surface area (Å²) < 4.78 is 1.92. The monoisotopic (exact) mass is 222 g/mol. The van der Waals surface area contributed by atoms with Crippen molar-refractivity contribution in [3.05, 3.63) is 24.5 Å². The predicted molar refractivity (Wildman–Crippen MR) is 60.2 cm³/mol. The number of rotatable bonds is 1. The first kappa shape index (κ1) is 10.1. The summed E-state index contributed by atoms with van der Waals surface area (Å²) in [6, 6.07) is 3.48. The van der Waals surface area contributed by atoms with Crippen molar-refractivity contribution in [2.45, 2.75) is 4.90 Å². The van der Waals surface area contributed by atoms with Crippen LogP contribution in [0.4, 0.5) is 0 Å². The molecule has 0 bridgehead atoms. The summed E-state index contributed by atoms with van der Waals surface area (Å²) >= 11 is 1.42. The number of fused-ring (bicyclic) bond motifs is 1. The number of pyridine rings is 1. The Balaban J connectivity index is 2.89. The summed E-state index contributed by atoms with van der Waals surface area (Å²) in [6.07, 6.45) is 5.71. The highest BCUT2D eigenvalue weighted by Crippen LogP contribution is 2.40. The van der Waals surface area contributed by atoms with Gasteiger partial charge in [0, 0.05) is 6.07 Å². The van der Waals surface area contributed by atoms with Crippen LogP contribution < -0.4 is 4.57 Å². The van der Waals surface area contributed by atoms with E-state index in [1.165, 1.54) is 11.8 Å². The van der Waals surface area contributed by atoms with Crippen LogP contribution in [-0.4, -0.2) is 16.5 Å². The zero-order valence-corrected chi connectivity index (χ0v) is 9.38. The summed E-state index contributed by atoms with van der Waals surface area (Å²) in [6.45, 7) is 0. The van der Waals surface area contributed by atoms with E-state index in [-0.39, 0.29) is 11.5 Å². The van der Waals surface area contributed by atoms with Gasteiger partial charge in [-0.15, -0.1) is 11.8 Å². The average molecular weight is 222 g/mol. The second kappa shape index (κ2) is 3.62. The van der Waals surface area contributed by atoms with Crippen LogP contribution >= 0.6 is 11.8 Å². The Morgan fingerprint density at radius 3 is 2.73 bits per heavy atom. The summed E-state index contributed by atoms with van der Waals surface area (Å²) in [5, 5.41) is 21.1. The first-order valence-electron chi connectivity index (χ1n) is 4.51. The molecule has 2 N–H and O–H groups in total. The molecule has 1 heterocycles. The van der Waals surface area contributed by atoms with Gasteiger partial charge in [-0.2, -0.15) is 0 Å². The highest BCUT2D eigenvalue weighted by Gasteiger charge is 2.13. The molecule has 15 heavy (non-hydrogen) atoms. The molecule has 0 atom stereocenters. The van der Waals surface area contributed by atoms with E-state index in [0.717, 1.165) is 10.8 Å². The highest BCUT2D eigenvalue weighted by atomic mass is 32.2. The Morgan fingerprint density at radius 1 is 1.33 bits per heavy atom.